The summed E-state index contributed by atoms with van der Waals surface area (Å²) in [5.41, 5.74) is 6.68. The van der Waals surface area contributed by atoms with Crippen molar-refractivity contribution in [3.63, 3.8) is 0 Å². The molecule has 220 valence electrons. The second kappa shape index (κ2) is 16.2. The molecule has 9 heteroatoms. The maximum atomic E-state index is 12.7. The van der Waals surface area contributed by atoms with Crippen LogP contribution in [0, 0.1) is 29.6 Å². The molecular formula is C30H47NO8. The van der Waals surface area contributed by atoms with Gasteiger partial charge in [0.1, 0.15) is 18.8 Å². The molecule has 0 aliphatic rings. The Morgan fingerprint density at radius 1 is 0.795 bits per heavy atom. The van der Waals surface area contributed by atoms with Crippen molar-refractivity contribution >= 4 is 23.9 Å². The number of esters is 4. The van der Waals surface area contributed by atoms with Crippen LogP contribution in [0.15, 0.2) is 18.2 Å². The van der Waals surface area contributed by atoms with Crippen molar-refractivity contribution in [3.8, 4) is 11.5 Å². The molecular weight excluding hydrogens is 502 g/mol. The van der Waals surface area contributed by atoms with Crippen LogP contribution in [0.2, 0.25) is 0 Å². The zero-order chi connectivity index (χ0) is 29.9. The summed E-state index contributed by atoms with van der Waals surface area (Å²) < 4.78 is 21.7. The third-order valence-electron chi connectivity index (χ3n) is 6.94. The van der Waals surface area contributed by atoms with E-state index in [1.165, 1.54) is 6.07 Å². The fraction of sp³-hybridized carbons (Fsp3) is 0.667. The van der Waals surface area contributed by atoms with Crippen molar-refractivity contribution in [1.29, 1.82) is 0 Å². The summed E-state index contributed by atoms with van der Waals surface area (Å²) in [6.07, 6.45) is 0.594. The predicted octanol–water partition coefficient (Wildman–Crippen LogP) is 4.86. The van der Waals surface area contributed by atoms with Crippen molar-refractivity contribution in [2.75, 3.05) is 6.61 Å². The van der Waals surface area contributed by atoms with Crippen LogP contribution in [0.4, 0.5) is 0 Å². The smallest absolute Gasteiger partial charge is 0.323 e. The number of carbonyl (C=O) groups is 4. The van der Waals surface area contributed by atoms with Gasteiger partial charge in [-0.3, -0.25) is 19.2 Å². The normalized spacial score (nSPS) is 15.2. The summed E-state index contributed by atoms with van der Waals surface area (Å²) in [5.74, 6) is -2.11. The lowest BCUT2D eigenvalue weighted by atomic mass is 9.98. The van der Waals surface area contributed by atoms with Crippen molar-refractivity contribution in [2.24, 2.45) is 35.3 Å². The Bertz CT molecular complexity index is 974. The van der Waals surface area contributed by atoms with Crippen LogP contribution in [0.5, 0.6) is 11.5 Å². The number of rotatable bonds is 15. The van der Waals surface area contributed by atoms with Crippen molar-refractivity contribution in [2.45, 2.75) is 93.7 Å². The Labute approximate surface area is 233 Å². The molecule has 9 nitrogen and oxygen atoms in total. The highest BCUT2D eigenvalue weighted by molar-refractivity contribution is 5.79. The van der Waals surface area contributed by atoms with E-state index in [4.69, 9.17) is 24.7 Å². The first-order chi connectivity index (χ1) is 18.2. The minimum atomic E-state index is -1.02. The van der Waals surface area contributed by atoms with Crippen LogP contribution in [-0.4, -0.2) is 42.6 Å². The molecule has 0 saturated carbocycles. The number of ether oxygens (including phenoxy) is 4. The lowest BCUT2D eigenvalue weighted by molar-refractivity contribution is -0.159. The number of hydrogen-bond donors (Lipinski definition) is 1. The largest absolute Gasteiger partial charge is 0.462 e. The Kier molecular flexibility index (Phi) is 14.2. The van der Waals surface area contributed by atoms with Crippen LogP contribution in [-0.2, 0) is 35.1 Å². The molecule has 1 aromatic carbocycles. The van der Waals surface area contributed by atoms with Crippen molar-refractivity contribution < 1.29 is 38.1 Å². The van der Waals surface area contributed by atoms with E-state index in [9.17, 15) is 19.2 Å². The lowest BCUT2D eigenvalue weighted by Crippen LogP contribution is -2.37. The van der Waals surface area contributed by atoms with Crippen LogP contribution in [0.25, 0.3) is 0 Å². The molecule has 0 aromatic heterocycles. The Balaban J connectivity index is 2.94. The molecule has 0 amide bonds. The summed E-state index contributed by atoms with van der Waals surface area (Å²) in [4.78, 5) is 49.7. The maximum absolute atomic E-state index is 12.7. The number of nitrogens with two attached hydrogens (primary N) is 1. The number of benzene rings is 1. The van der Waals surface area contributed by atoms with Crippen LogP contribution in [0.1, 0.15) is 80.7 Å². The van der Waals surface area contributed by atoms with Gasteiger partial charge < -0.3 is 24.7 Å². The second-order valence-electron chi connectivity index (χ2n) is 11.1. The molecule has 0 aliphatic carbocycles. The summed E-state index contributed by atoms with van der Waals surface area (Å²) in [5, 5.41) is 0. The third-order valence-corrected chi connectivity index (χ3v) is 6.94. The zero-order valence-corrected chi connectivity index (χ0v) is 24.9. The van der Waals surface area contributed by atoms with Gasteiger partial charge in [0.15, 0.2) is 11.5 Å². The number of hydrogen-bond acceptors (Lipinski definition) is 9. The fourth-order valence-electron chi connectivity index (χ4n) is 3.15. The van der Waals surface area contributed by atoms with Gasteiger partial charge in [-0.2, -0.15) is 0 Å². The van der Waals surface area contributed by atoms with Crippen LogP contribution < -0.4 is 15.2 Å². The molecule has 1 aromatic rings. The molecule has 1 rings (SSSR count). The summed E-state index contributed by atoms with van der Waals surface area (Å²) in [7, 11) is 0. The molecule has 0 saturated heterocycles. The second-order valence-corrected chi connectivity index (χ2v) is 11.1. The van der Waals surface area contributed by atoms with E-state index in [1.807, 2.05) is 41.5 Å². The van der Waals surface area contributed by atoms with Crippen LogP contribution in [0.3, 0.4) is 0 Å². The highest BCUT2D eigenvalue weighted by atomic mass is 16.6. The highest BCUT2D eigenvalue weighted by Gasteiger charge is 2.25. The fourth-order valence-corrected chi connectivity index (χ4v) is 3.15. The van der Waals surface area contributed by atoms with Crippen molar-refractivity contribution in [1.82, 2.24) is 0 Å². The molecule has 3 unspecified atom stereocenters. The van der Waals surface area contributed by atoms with Crippen molar-refractivity contribution in [3.05, 3.63) is 23.8 Å². The zero-order valence-electron chi connectivity index (χ0n) is 24.9. The van der Waals surface area contributed by atoms with E-state index in [0.29, 0.717) is 12.0 Å². The van der Waals surface area contributed by atoms with Gasteiger partial charge in [0, 0.05) is 6.42 Å². The Hall–Kier alpha value is -2.94. The predicted molar refractivity (Wildman–Crippen MR) is 148 cm³/mol. The monoisotopic (exact) mass is 549 g/mol. The average molecular weight is 550 g/mol. The summed E-state index contributed by atoms with van der Waals surface area (Å²) in [6.45, 7) is 16.7. The molecule has 0 spiro atoms. The van der Waals surface area contributed by atoms with E-state index < -0.39 is 30.1 Å². The van der Waals surface area contributed by atoms with E-state index >= 15 is 0 Å². The standard InChI is InChI=1S/C30H47NO8/c1-10-19(6)13-27(32)36-16-20(7)37-30(35)24(31)14-23-11-12-25(38-28(33)21(8)17(2)3)26(15-23)39-29(34)22(9)18(4)5/h11-12,15,17-22,24H,10,13-14,16,31H2,1-9H3/t19?,20-,21?,22?,24-/m0/s1. The van der Waals surface area contributed by atoms with E-state index in [-0.39, 0.29) is 60.1 Å². The van der Waals surface area contributed by atoms with Gasteiger partial charge in [-0.25, -0.2) is 0 Å². The molecule has 0 heterocycles. The van der Waals surface area contributed by atoms with Gasteiger partial charge in [-0.05, 0) is 48.8 Å². The first-order valence-corrected chi connectivity index (χ1v) is 13.8. The molecule has 0 bridgehead atoms. The average Bonchev–Trinajstić information content (AvgIpc) is 2.87. The molecule has 0 radical (unpaired) electrons. The van der Waals surface area contributed by atoms with E-state index in [0.717, 1.165) is 6.42 Å². The molecule has 5 atom stereocenters. The molecule has 39 heavy (non-hydrogen) atoms. The molecule has 0 aliphatic heterocycles. The molecule has 0 fully saturated rings. The Morgan fingerprint density at radius 3 is 1.85 bits per heavy atom. The van der Waals surface area contributed by atoms with Gasteiger partial charge in [0.25, 0.3) is 0 Å². The summed E-state index contributed by atoms with van der Waals surface area (Å²) in [6, 6.07) is 3.70. The maximum Gasteiger partial charge on any atom is 0.323 e. The quantitative estimate of drug-likeness (QED) is 0.241. The van der Waals surface area contributed by atoms with Gasteiger partial charge >= 0.3 is 23.9 Å². The van der Waals surface area contributed by atoms with Crippen LogP contribution >= 0.6 is 0 Å². The van der Waals surface area contributed by atoms with Gasteiger partial charge in [-0.1, -0.05) is 67.9 Å². The number of carbonyl (C=O) groups excluding carboxylic acids is 4. The third kappa shape index (κ3) is 11.8. The topological polar surface area (TPSA) is 131 Å². The first kappa shape index (κ1) is 34.1. The minimum absolute atomic E-state index is 0.0483. The highest BCUT2D eigenvalue weighted by Crippen LogP contribution is 2.31. The summed E-state index contributed by atoms with van der Waals surface area (Å²) >= 11 is 0. The van der Waals surface area contributed by atoms with Gasteiger partial charge in [0.05, 0.1) is 11.8 Å². The molecule has 2 N–H and O–H groups in total. The van der Waals surface area contributed by atoms with Gasteiger partial charge in [-0.15, -0.1) is 0 Å². The van der Waals surface area contributed by atoms with Gasteiger partial charge in [0.2, 0.25) is 0 Å². The minimum Gasteiger partial charge on any atom is -0.462 e. The lowest BCUT2D eigenvalue weighted by Gasteiger charge is -2.20. The van der Waals surface area contributed by atoms with E-state index in [1.54, 1.807) is 32.9 Å². The SMILES string of the molecule is CCC(C)CC(=O)OC[C@H](C)OC(=O)[C@@H](N)Cc1ccc(OC(=O)C(C)C(C)C)c(OC(=O)C(C)C(C)C)c1. The first-order valence-electron chi connectivity index (χ1n) is 13.8. The Morgan fingerprint density at radius 2 is 1.33 bits per heavy atom. The van der Waals surface area contributed by atoms with E-state index in [2.05, 4.69) is 0 Å².